The fourth-order valence-corrected chi connectivity index (χ4v) is 3.68. The Labute approximate surface area is 118 Å². The van der Waals surface area contributed by atoms with E-state index in [1.165, 1.54) is 0 Å². The van der Waals surface area contributed by atoms with Crippen LogP contribution in [0, 0.1) is 0 Å². The number of thioether (sulfide) groups is 1. The molecule has 0 saturated heterocycles. The first-order valence-corrected chi connectivity index (χ1v) is 8.36. The van der Waals surface area contributed by atoms with Crippen LogP contribution in [0.2, 0.25) is 0 Å². The molecule has 98 valence electrons. The second kappa shape index (κ2) is 7.03. The molecule has 1 N–H and O–H groups in total. The van der Waals surface area contributed by atoms with Gasteiger partial charge in [0.25, 0.3) is 0 Å². The first kappa shape index (κ1) is 13.7. The molecular formula is C10H14N4OS3. The van der Waals surface area contributed by atoms with Gasteiger partial charge in [-0.25, -0.2) is 4.98 Å². The fourth-order valence-electron chi connectivity index (χ4n) is 1.25. The van der Waals surface area contributed by atoms with E-state index in [1.807, 2.05) is 6.20 Å². The van der Waals surface area contributed by atoms with Crippen molar-refractivity contribution >= 4 is 39.6 Å². The number of nitrogens with zero attached hydrogens (tertiary/aromatic N) is 3. The molecule has 0 radical (unpaired) electrons. The van der Waals surface area contributed by atoms with E-state index in [2.05, 4.69) is 26.8 Å². The molecule has 0 fully saturated rings. The summed E-state index contributed by atoms with van der Waals surface area (Å²) in [6.45, 7) is 1.40. The van der Waals surface area contributed by atoms with Gasteiger partial charge in [0.05, 0.1) is 11.5 Å². The quantitative estimate of drug-likeness (QED) is 0.793. The van der Waals surface area contributed by atoms with E-state index in [0.29, 0.717) is 6.61 Å². The van der Waals surface area contributed by atoms with Crippen molar-refractivity contribution in [1.29, 1.82) is 0 Å². The molecule has 8 heteroatoms. The Balaban J connectivity index is 1.99. The van der Waals surface area contributed by atoms with Crippen LogP contribution in [-0.2, 0) is 10.5 Å². The van der Waals surface area contributed by atoms with Gasteiger partial charge in [0.2, 0.25) is 5.13 Å². The van der Waals surface area contributed by atoms with Crippen molar-refractivity contribution in [3.8, 4) is 9.88 Å². The van der Waals surface area contributed by atoms with Gasteiger partial charge >= 0.3 is 0 Å². The maximum atomic E-state index is 4.97. The van der Waals surface area contributed by atoms with Crippen molar-refractivity contribution in [2.45, 2.75) is 5.75 Å². The van der Waals surface area contributed by atoms with Crippen LogP contribution in [0.3, 0.4) is 0 Å². The zero-order valence-electron chi connectivity index (χ0n) is 10.2. The summed E-state index contributed by atoms with van der Waals surface area (Å²) >= 11 is 4.99. The van der Waals surface area contributed by atoms with E-state index >= 15 is 0 Å². The van der Waals surface area contributed by atoms with Crippen LogP contribution in [-0.4, -0.2) is 41.7 Å². The molecule has 2 aromatic heterocycles. The Morgan fingerprint density at radius 1 is 1.39 bits per heavy atom. The van der Waals surface area contributed by atoms with Gasteiger partial charge in [-0.1, -0.05) is 11.3 Å². The lowest BCUT2D eigenvalue weighted by Gasteiger charge is -1.98. The van der Waals surface area contributed by atoms with Gasteiger partial charge in [0.15, 0.2) is 5.01 Å². The summed E-state index contributed by atoms with van der Waals surface area (Å²) in [6.07, 6.45) is 3.94. The first-order chi connectivity index (χ1) is 8.83. The zero-order chi connectivity index (χ0) is 12.8. The molecule has 0 bridgehead atoms. The summed E-state index contributed by atoms with van der Waals surface area (Å²) in [5.41, 5.74) is 0. The number of ether oxygens (including phenoxy) is 1. The largest absolute Gasteiger partial charge is 0.383 e. The number of thiazole rings is 1. The van der Waals surface area contributed by atoms with Crippen LogP contribution in [0.25, 0.3) is 9.88 Å². The maximum Gasteiger partial charge on any atom is 0.206 e. The molecular weight excluding hydrogens is 288 g/mol. The highest BCUT2D eigenvalue weighted by Crippen LogP contribution is 2.31. The van der Waals surface area contributed by atoms with Crippen molar-refractivity contribution in [1.82, 2.24) is 15.2 Å². The molecule has 0 amide bonds. The van der Waals surface area contributed by atoms with Crippen LogP contribution in [0.1, 0.15) is 5.01 Å². The molecule has 0 aliphatic carbocycles. The molecule has 2 heterocycles. The molecule has 18 heavy (non-hydrogen) atoms. The second-order valence-electron chi connectivity index (χ2n) is 3.38. The number of methoxy groups -OCH3 is 1. The third-order valence-corrected chi connectivity index (χ3v) is 4.83. The summed E-state index contributed by atoms with van der Waals surface area (Å²) in [7, 11) is 1.68. The lowest BCUT2D eigenvalue weighted by Crippen LogP contribution is -2.06. The Hall–Kier alpha value is -0.700. The second-order valence-corrected chi connectivity index (χ2v) is 6.34. The van der Waals surface area contributed by atoms with Gasteiger partial charge in [0, 0.05) is 25.6 Å². The highest BCUT2D eigenvalue weighted by Gasteiger charge is 2.10. The smallest absolute Gasteiger partial charge is 0.206 e. The summed E-state index contributed by atoms with van der Waals surface area (Å²) in [4.78, 5) is 5.44. The minimum atomic E-state index is 0.660. The van der Waals surface area contributed by atoms with Gasteiger partial charge < -0.3 is 10.1 Å². The number of hydrogen-bond donors (Lipinski definition) is 1. The minimum Gasteiger partial charge on any atom is -0.383 e. The third-order valence-electron chi connectivity index (χ3n) is 2.04. The molecule has 0 atom stereocenters. The van der Waals surface area contributed by atoms with E-state index in [1.54, 1.807) is 41.5 Å². The highest BCUT2D eigenvalue weighted by molar-refractivity contribution is 7.97. The molecule has 2 aromatic rings. The molecule has 0 unspecified atom stereocenters. The zero-order valence-corrected chi connectivity index (χ0v) is 12.6. The van der Waals surface area contributed by atoms with Crippen molar-refractivity contribution in [3.05, 3.63) is 11.2 Å². The molecule has 5 nitrogen and oxygen atoms in total. The van der Waals surface area contributed by atoms with Gasteiger partial charge in [-0.3, -0.25) is 0 Å². The number of anilines is 1. The Kier molecular flexibility index (Phi) is 5.36. The van der Waals surface area contributed by atoms with E-state index in [9.17, 15) is 0 Å². The average molecular weight is 302 g/mol. The molecule has 0 aliphatic rings. The Morgan fingerprint density at radius 3 is 3.06 bits per heavy atom. The van der Waals surface area contributed by atoms with Crippen molar-refractivity contribution in [2.24, 2.45) is 0 Å². The molecule has 0 aliphatic heterocycles. The van der Waals surface area contributed by atoms with Crippen LogP contribution in [0.15, 0.2) is 6.20 Å². The van der Waals surface area contributed by atoms with Crippen LogP contribution in [0.5, 0.6) is 0 Å². The van der Waals surface area contributed by atoms with E-state index in [0.717, 1.165) is 32.3 Å². The first-order valence-electron chi connectivity index (χ1n) is 5.34. The number of aromatic nitrogens is 3. The summed E-state index contributed by atoms with van der Waals surface area (Å²) in [5.74, 6) is 0.947. The predicted molar refractivity (Wildman–Crippen MR) is 78.6 cm³/mol. The number of hydrogen-bond acceptors (Lipinski definition) is 8. The maximum absolute atomic E-state index is 4.97. The van der Waals surface area contributed by atoms with Crippen LogP contribution in [0.4, 0.5) is 5.13 Å². The SMILES string of the molecule is COCCNc1nnc(-c2cnc(CSC)s2)s1. The third kappa shape index (κ3) is 3.64. The molecule has 2 rings (SSSR count). The Bertz CT molecular complexity index is 485. The van der Waals surface area contributed by atoms with Crippen molar-refractivity contribution in [2.75, 3.05) is 31.8 Å². The van der Waals surface area contributed by atoms with Crippen molar-refractivity contribution < 1.29 is 4.74 Å². The fraction of sp³-hybridized carbons (Fsp3) is 0.500. The highest BCUT2D eigenvalue weighted by atomic mass is 32.2. The Morgan fingerprint density at radius 2 is 2.28 bits per heavy atom. The normalized spacial score (nSPS) is 10.8. The summed E-state index contributed by atoms with van der Waals surface area (Å²) in [5, 5.41) is 14.3. The summed E-state index contributed by atoms with van der Waals surface area (Å²) in [6, 6.07) is 0. The van der Waals surface area contributed by atoms with E-state index in [-0.39, 0.29) is 0 Å². The molecule has 0 aromatic carbocycles. The van der Waals surface area contributed by atoms with Crippen LogP contribution >= 0.6 is 34.4 Å². The molecule has 0 spiro atoms. The standard InChI is InChI=1S/C10H14N4OS3/c1-15-4-3-11-10-14-13-9(18-10)7-5-12-8(17-7)6-16-2/h5H,3-4,6H2,1-2H3,(H,11,14). The van der Waals surface area contributed by atoms with Gasteiger partial charge in [0.1, 0.15) is 5.01 Å². The predicted octanol–water partition coefficient (Wildman–Crippen LogP) is 2.58. The minimum absolute atomic E-state index is 0.660. The van der Waals surface area contributed by atoms with Crippen molar-refractivity contribution in [3.63, 3.8) is 0 Å². The number of rotatable bonds is 7. The van der Waals surface area contributed by atoms with E-state index < -0.39 is 0 Å². The van der Waals surface area contributed by atoms with Crippen LogP contribution < -0.4 is 5.32 Å². The molecule has 0 saturated carbocycles. The lowest BCUT2D eigenvalue weighted by molar-refractivity contribution is 0.211. The van der Waals surface area contributed by atoms with Gasteiger partial charge in [-0.2, -0.15) is 11.8 Å². The lowest BCUT2D eigenvalue weighted by atomic mass is 10.6. The van der Waals surface area contributed by atoms with Gasteiger partial charge in [-0.15, -0.1) is 21.5 Å². The number of nitrogens with one attached hydrogen (secondary N) is 1. The average Bonchev–Trinajstić information content (AvgIpc) is 2.98. The topological polar surface area (TPSA) is 59.9 Å². The monoisotopic (exact) mass is 302 g/mol. The van der Waals surface area contributed by atoms with Gasteiger partial charge in [-0.05, 0) is 6.26 Å². The summed E-state index contributed by atoms with van der Waals surface area (Å²) < 4.78 is 4.97. The van der Waals surface area contributed by atoms with E-state index in [4.69, 9.17) is 4.74 Å².